The third-order valence-electron chi connectivity index (χ3n) is 5.60. The van der Waals surface area contributed by atoms with Gasteiger partial charge in [-0.2, -0.15) is 8.78 Å². The fraction of sp³-hybridized carbons (Fsp3) is 0.318. The third-order valence-corrected chi connectivity index (χ3v) is 5.60. The van der Waals surface area contributed by atoms with Gasteiger partial charge in [0.2, 0.25) is 0 Å². The Hall–Kier alpha value is -3.69. The normalized spacial score (nSPS) is 15.2. The number of halogens is 2. The molecule has 1 aromatic heterocycles. The molecule has 0 radical (unpaired) electrons. The van der Waals surface area contributed by atoms with E-state index in [-0.39, 0.29) is 11.6 Å². The van der Waals surface area contributed by atoms with Crippen LogP contribution in [0.15, 0.2) is 34.3 Å². The van der Waals surface area contributed by atoms with Crippen molar-refractivity contribution in [3.05, 3.63) is 57.0 Å². The van der Waals surface area contributed by atoms with E-state index in [0.717, 1.165) is 22.9 Å². The average molecular weight is 444 g/mol. The minimum Gasteiger partial charge on any atom is -0.492 e. The van der Waals surface area contributed by atoms with E-state index in [4.69, 9.17) is 10.5 Å². The number of carboxylic acids is 1. The molecule has 3 heterocycles. The quantitative estimate of drug-likeness (QED) is 0.542. The van der Waals surface area contributed by atoms with Gasteiger partial charge in [0.25, 0.3) is 0 Å². The summed E-state index contributed by atoms with van der Waals surface area (Å²) in [5.74, 6) is -0.791. The molecule has 2 aliphatic heterocycles. The van der Waals surface area contributed by atoms with Crippen LogP contribution in [0.3, 0.4) is 0 Å². The minimum absolute atomic E-state index is 0.0241. The summed E-state index contributed by atoms with van der Waals surface area (Å²) in [6.07, 6.45) is 4.12. The zero-order chi connectivity index (χ0) is 23.2. The highest BCUT2D eigenvalue weighted by Gasteiger charge is 2.32. The Labute approximate surface area is 182 Å². The highest BCUT2D eigenvalue weighted by molar-refractivity contribution is 6.11. The summed E-state index contributed by atoms with van der Waals surface area (Å²) in [6.45, 7) is 1.83. The Bertz CT molecular complexity index is 1220. The molecule has 0 saturated heterocycles. The fourth-order valence-electron chi connectivity index (χ4n) is 4.20. The Morgan fingerprint density at radius 2 is 2.06 bits per heavy atom. The van der Waals surface area contributed by atoms with Crippen molar-refractivity contribution in [3.8, 4) is 17.0 Å². The molecule has 0 fully saturated rings. The second kappa shape index (κ2) is 8.10. The van der Waals surface area contributed by atoms with E-state index < -0.39 is 17.9 Å². The van der Waals surface area contributed by atoms with E-state index in [2.05, 4.69) is 4.99 Å². The molecule has 3 N–H and O–H groups in total. The minimum atomic E-state index is -2.87. The molecule has 4 rings (SSSR count). The predicted octanol–water partition coefficient (Wildman–Crippen LogP) is 2.60. The molecule has 0 atom stereocenters. The van der Waals surface area contributed by atoms with Gasteiger partial charge in [0, 0.05) is 59.4 Å². The van der Waals surface area contributed by atoms with Crippen LogP contribution in [0.5, 0.6) is 5.75 Å². The summed E-state index contributed by atoms with van der Waals surface area (Å²) < 4.78 is 32.8. The molecule has 2 aliphatic rings. The van der Waals surface area contributed by atoms with Gasteiger partial charge in [0.05, 0.1) is 18.8 Å². The Morgan fingerprint density at radius 3 is 2.69 bits per heavy atom. The van der Waals surface area contributed by atoms with Gasteiger partial charge in [-0.3, -0.25) is 9.47 Å². The number of hydrogen-bond donors (Lipinski definition) is 2. The molecule has 0 bridgehead atoms. The molecular formula is C22H22F2N4O4. The molecule has 32 heavy (non-hydrogen) atoms. The van der Waals surface area contributed by atoms with Crippen LogP contribution in [0.1, 0.15) is 40.9 Å². The molecule has 0 spiro atoms. The summed E-state index contributed by atoms with van der Waals surface area (Å²) in [6, 6.07) is 3.11. The van der Waals surface area contributed by atoms with Gasteiger partial charge in [0.1, 0.15) is 11.3 Å². The summed E-state index contributed by atoms with van der Waals surface area (Å²) in [5, 5.41) is 11.3. The second-order valence-corrected chi connectivity index (χ2v) is 7.82. The maximum Gasteiger partial charge on any atom is 0.341 e. The largest absolute Gasteiger partial charge is 0.492 e. The van der Waals surface area contributed by atoms with Gasteiger partial charge in [-0.25, -0.2) is 9.79 Å². The Kier molecular flexibility index (Phi) is 5.45. The van der Waals surface area contributed by atoms with Crippen LogP contribution in [-0.4, -0.2) is 41.2 Å². The van der Waals surface area contributed by atoms with E-state index in [0.29, 0.717) is 42.2 Å². The first-order valence-electron chi connectivity index (χ1n) is 10.0. The predicted molar refractivity (Wildman–Crippen MR) is 116 cm³/mol. The van der Waals surface area contributed by atoms with Gasteiger partial charge in [-0.1, -0.05) is 0 Å². The zero-order valence-electron chi connectivity index (χ0n) is 17.5. The molecule has 0 saturated carbocycles. The van der Waals surface area contributed by atoms with Crippen LogP contribution in [-0.2, 0) is 13.0 Å². The number of allylic oxidation sites excluding steroid dienone is 1. The van der Waals surface area contributed by atoms with Crippen LogP contribution < -0.4 is 20.9 Å². The lowest BCUT2D eigenvalue weighted by Gasteiger charge is -2.39. The Morgan fingerprint density at radius 1 is 1.31 bits per heavy atom. The molecular weight excluding hydrogens is 422 g/mol. The number of ether oxygens (including phenoxy) is 1. The second-order valence-electron chi connectivity index (χ2n) is 7.82. The van der Waals surface area contributed by atoms with Crippen molar-refractivity contribution in [2.75, 3.05) is 11.6 Å². The highest BCUT2D eigenvalue weighted by Crippen LogP contribution is 2.44. The van der Waals surface area contributed by atoms with Crippen molar-refractivity contribution in [3.63, 3.8) is 0 Å². The van der Waals surface area contributed by atoms with E-state index in [1.54, 1.807) is 4.68 Å². The van der Waals surface area contributed by atoms with E-state index in [1.807, 2.05) is 24.9 Å². The third kappa shape index (κ3) is 3.51. The fourth-order valence-corrected chi connectivity index (χ4v) is 4.20. The van der Waals surface area contributed by atoms with E-state index in [1.165, 1.54) is 18.5 Å². The summed E-state index contributed by atoms with van der Waals surface area (Å²) in [7, 11) is 0. The van der Waals surface area contributed by atoms with Crippen molar-refractivity contribution in [2.45, 2.75) is 39.4 Å². The van der Waals surface area contributed by atoms with Crippen molar-refractivity contribution in [2.24, 2.45) is 10.7 Å². The molecule has 2 aromatic rings. The van der Waals surface area contributed by atoms with Gasteiger partial charge in [-0.15, -0.1) is 0 Å². The molecule has 10 heteroatoms. The number of aromatic nitrogens is 1. The van der Waals surface area contributed by atoms with Gasteiger partial charge < -0.3 is 20.6 Å². The zero-order valence-corrected chi connectivity index (χ0v) is 17.5. The van der Waals surface area contributed by atoms with Crippen LogP contribution in [0.4, 0.5) is 8.78 Å². The maximum atomic E-state index is 12.6. The smallest absolute Gasteiger partial charge is 0.341 e. The molecule has 0 amide bonds. The number of nitrogens with zero attached hydrogens (tertiary/aromatic N) is 3. The molecule has 1 aromatic carbocycles. The number of carboxylic acid groups (broad SMARTS) is 1. The molecule has 8 nitrogen and oxygen atoms in total. The monoisotopic (exact) mass is 444 g/mol. The molecule has 168 valence electrons. The topological polar surface area (TPSA) is 110 Å². The first-order valence-corrected chi connectivity index (χ1v) is 10.0. The number of carbonyl (C=O) groups is 1. The first-order chi connectivity index (χ1) is 15.2. The van der Waals surface area contributed by atoms with Crippen molar-refractivity contribution in [1.29, 1.82) is 0 Å². The number of nitrogens with two attached hydrogens (primary N) is 1. The van der Waals surface area contributed by atoms with Gasteiger partial charge in [-0.05, 0) is 25.5 Å². The first kappa shape index (κ1) is 21.5. The molecule has 0 unspecified atom stereocenters. The number of benzene rings is 1. The number of aromatic carboxylic acids is 1. The number of fused-ring (bicyclic) bond motifs is 5. The van der Waals surface area contributed by atoms with Gasteiger partial charge >= 0.3 is 12.5 Å². The lowest BCUT2D eigenvalue weighted by molar-refractivity contribution is 0.0694. The number of pyridine rings is 1. The summed E-state index contributed by atoms with van der Waals surface area (Å²) in [4.78, 5) is 27.2. The lowest BCUT2D eigenvalue weighted by Crippen LogP contribution is -2.44. The summed E-state index contributed by atoms with van der Waals surface area (Å²) >= 11 is 0. The number of alkyl halides is 2. The SMILES string of the molecule is CC(C)N1Cc2cc(C(C=NC(F)F)=CN)c3c(c2-c2cc(=O)c(C(=O)O)cn21)CCO3. The molecule has 0 aliphatic carbocycles. The highest BCUT2D eigenvalue weighted by atomic mass is 19.3. The van der Waals surface area contributed by atoms with Crippen LogP contribution in [0.25, 0.3) is 16.8 Å². The lowest BCUT2D eigenvalue weighted by atomic mass is 9.89. The number of aliphatic imine (C=N–C) groups is 1. The standard InChI is InChI=1S/C22H22F2N4O4/c1-11(2)27-9-12-5-15(13(7-25)8-26-22(23)24)20-14(3-4-32-20)19(12)17-6-18(29)16(21(30)31)10-28(17)27/h5-8,10-11,22H,3-4,9,25H2,1-2H3,(H,30,31). The van der Waals surface area contributed by atoms with Crippen molar-refractivity contribution in [1.82, 2.24) is 4.68 Å². The Balaban J connectivity index is 1.99. The number of rotatable bonds is 5. The van der Waals surface area contributed by atoms with Crippen molar-refractivity contribution < 1.29 is 23.4 Å². The van der Waals surface area contributed by atoms with Crippen molar-refractivity contribution >= 4 is 17.8 Å². The van der Waals surface area contributed by atoms with Crippen LogP contribution in [0, 0.1) is 0 Å². The van der Waals surface area contributed by atoms with Crippen LogP contribution in [0.2, 0.25) is 0 Å². The van der Waals surface area contributed by atoms with Gasteiger partial charge in [0.15, 0.2) is 5.43 Å². The van der Waals surface area contributed by atoms with E-state index >= 15 is 0 Å². The van der Waals surface area contributed by atoms with Crippen LogP contribution >= 0.6 is 0 Å². The maximum absolute atomic E-state index is 12.6. The number of hydrogen-bond acceptors (Lipinski definition) is 6. The summed E-state index contributed by atoms with van der Waals surface area (Å²) in [5.41, 5.74) is 8.66. The van der Waals surface area contributed by atoms with E-state index in [9.17, 15) is 23.5 Å². The average Bonchev–Trinajstić information content (AvgIpc) is 3.22.